The number of thioether (sulfide) groups is 1. The van der Waals surface area contributed by atoms with E-state index < -0.39 is 5.63 Å². The zero-order chi connectivity index (χ0) is 20.3. The summed E-state index contributed by atoms with van der Waals surface area (Å²) in [7, 11) is 0. The average Bonchev–Trinajstić information content (AvgIpc) is 2.68. The summed E-state index contributed by atoms with van der Waals surface area (Å²) in [6.45, 7) is 8.07. The zero-order valence-electron chi connectivity index (χ0n) is 16.4. The predicted molar refractivity (Wildman–Crippen MR) is 117 cm³/mol. The summed E-state index contributed by atoms with van der Waals surface area (Å²) in [6, 6.07) is 5.25. The van der Waals surface area contributed by atoms with E-state index in [1.807, 2.05) is 26.0 Å². The smallest absolute Gasteiger partial charge is 0.336 e. The van der Waals surface area contributed by atoms with Crippen molar-refractivity contribution in [2.24, 2.45) is 5.92 Å². The first kappa shape index (κ1) is 20.9. The zero-order valence-corrected chi connectivity index (χ0v) is 18.1. The molecule has 1 fully saturated rings. The number of hydrogen-bond donors (Lipinski definition) is 0. The molecule has 0 aliphatic carbocycles. The second-order valence-electron chi connectivity index (χ2n) is 7.36. The summed E-state index contributed by atoms with van der Waals surface area (Å²) in [5.41, 5.74) is 2.72. The SMILES string of the molecule is Cc1ccc2c(COC(=O)CSC(=S)N3CCC(C)CC3)cc(=O)oc2c1C. The van der Waals surface area contributed by atoms with Gasteiger partial charge in [0.25, 0.3) is 0 Å². The summed E-state index contributed by atoms with van der Waals surface area (Å²) in [5, 5.41) is 0.793. The van der Waals surface area contributed by atoms with E-state index in [0.717, 1.165) is 52.7 Å². The van der Waals surface area contributed by atoms with Gasteiger partial charge in [-0.05, 0) is 43.7 Å². The molecule has 0 unspecified atom stereocenters. The predicted octanol–water partition coefficient (Wildman–Crippen LogP) is 4.20. The highest BCUT2D eigenvalue weighted by molar-refractivity contribution is 8.23. The molecule has 1 aromatic carbocycles. The molecule has 1 saturated heterocycles. The molecule has 0 spiro atoms. The van der Waals surface area contributed by atoms with Crippen molar-refractivity contribution in [3.05, 3.63) is 45.3 Å². The fourth-order valence-electron chi connectivity index (χ4n) is 3.25. The van der Waals surface area contributed by atoms with Crippen LogP contribution in [-0.4, -0.2) is 34.0 Å². The van der Waals surface area contributed by atoms with Gasteiger partial charge in [0.2, 0.25) is 0 Å². The van der Waals surface area contributed by atoms with Gasteiger partial charge in [-0.1, -0.05) is 43.0 Å². The van der Waals surface area contributed by atoms with E-state index in [2.05, 4.69) is 11.8 Å². The van der Waals surface area contributed by atoms with Crippen molar-refractivity contribution in [3.8, 4) is 0 Å². The monoisotopic (exact) mass is 419 g/mol. The van der Waals surface area contributed by atoms with Crippen LogP contribution in [0.4, 0.5) is 0 Å². The van der Waals surface area contributed by atoms with Crippen LogP contribution in [0.5, 0.6) is 0 Å². The molecule has 0 N–H and O–H groups in total. The number of carbonyl (C=O) groups is 1. The maximum absolute atomic E-state index is 12.2. The van der Waals surface area contributed by atoms with Crippen molar-refractivity contribution >= 4 is 45.2 Å². The number of nitrogens with zero attached hydrogens (tertiary/aromatic N) is 1. The minimum absolute atomic E-state index is 0.0397. The first-order valence-electron chi connectivity index (χ1n) is 9.45. The number of benzene rings is 1. The largest absolute Gasteiger partial charge is 0.460 e. The Kier molecular flexibility index (Phi) is 6.78. The molecule has 3 rings (SSSR count). The van der Waals surface area contributed by atoms with Gasteiger partial charge in [0, 0.05) is 30.1 Å². The van der Waals surface area contributed by atoms with Crippen molar-refractivity contribution < 1.29 is 13.9 Å². The Labute approximate surface area is 174 Å². The topological polar surface area (TPSA) is 59.8 Å². The highest BCUT2D eigenvalue weighted by Crippen LogP contribution is 2.24. The molecule has 150 valence electrons. The molecule has 2 heterocycles. The summed E-state index contributed by atoms with van der Waals surface area (Å²) in [5.74, 6) is 0.560. The maximum Gasteiger partial charge on any atom is 0.336 e. The van der Waals surface area contributed by atoms with Crippen LogP contribution in [0, 0.1) is 19.8 Å². The van der Waals surface area contributed by atoms with Crippen LogP contribution in [-0.2, 0) is 16.1 Å². The molecule has 28 heavy (non-hydrogen) atoms. The second-order valence-corrected chi connectivity index (χ2v) is 8.97. The molecule has 0 saturated carbocycles. The number of ether oxygens (including phenoxy) is 1. The molecular weight excluding hydrogens is 394 g/mol. The third-order valence-corrected chi connectivity index (χ3v) is 6.76. The fourth-order valence-corrected chi connectivity index (χ4v) is 4.30. The molecule has 0 amide bonds. The van der Waals surface area contributed by atoms with E-state index >= 15 is 0 Å². The van der Waals surface area contributed by atoms with Crippen LogP contribution >= 0.6 is 24.0 Å². The number of aryl methyl sites for hydroxylation is 2. The highest BCUT2D eigenvalue weighted by Gasteiger charge is 2.19. The number of esters is 1. The highest BCUT2D eigenvalue weighted by atomic mass is 32.2. The number of thiocarbonyl (C=S) groups is 1. The molecular formula is C21H25NO4S2. The van der Waals surface area contributed by atoms with Crippen LogP contribution in [0.1, 0.15) is 36.5 Å². The van der Waals surface area contributed by atoms with Gasteiger partial charge in [-0.2, -0.15) is 0 Å². The minimum Gasteiger partial charge on any atom is -0.460 e. The standard InChI is InChI=1S/C21H25NO4S2/c1-13-6-8-22(9-7-13)21(27)28-12-19(24)25-11-16-10-18(23)26-20-15(3)14(2)4-5-17(16)20/h4-5,10,13H,6-9,11-12H2,1-3H3. The second kappa shape index (κ2) is 9.09. The Hall–Kier alpha value is -1.86. The van der Waals surface area contributed by atoms with Crippen molar-refractivity contribution in [1.29, 1.82) is 0 Å². The molecule has 5 nitrogen and oxygen atoms in total. The van der Waals surface area contributed by atoms with Crippen LogP contribution in [0.3, 0.4) is 0 Å². The normalized spacial score (nSPS) is 15.0. The molecule has 2 aromatic rings. The average molecular weight is 420 g/mol. The van der Waals surface area contributed by atoms with Gasteiger partial charge in [-0.25, -0.2) is 4.79 Å². The van der Waals surface area contributed by atoms with Gasteiger partial charge in [-0.3, -0.25) is 4.79 Å². The van der Waals surface area contributed by atoms with E-state index in [1.54, 1.807) is 0 Å². The number of hydrogen-bond acceptors (Lipinski definition) is 6. The lowest BCUT2D eigenvalue weighted by Gasteiger charge is -2.31. The van der Waals surface area contributed by atoms with Gasteiger partial charge in [0.1, 0.15) is 16.5 Å². The lowest BCUT2D eigenvalue weighted by Crippen LogP contribution is -2.35. The van der Waals surface area contributed by atoms with Crippen LogP contribution in [0.2, 0.25) is 0 Å². The van der Waals surface area contributed by atoms with E-state index in [9.17, 15) is 9.59 Å². The van der Waals surface area contributed by atoms with Gasteiger partial charge in [0.15, 0.2) is 0 Å². The van der Waals surface area contributed by atoms with Gasteiger partial charge in [0.05, 0.1) is 5.75 Å². The van der Waals surface area contributed by atoms with Crippen molar-refractivity contribution in [2.75, 3.05) is 18.8 Å². The molecule has 1 aliphatic rings. The van der Waals surface area contributed by atoms with E-state index in [-0.39, 0.29) is 18.3 Å². The summed E-state index contributed by atoms with van der Waals surface area (Å²) >= 11 is 6.78. The number of carbonyl (C=O) groups excluding carboxylic acids is 1. The summed E-state index contributed by atoms with van der Waals surface area (Å²) in [4.78, 5) is 26.2. The van der Waals surface area contributed by atoms with Gasteiger partial charge < -0.3 is 14.1 Å². The number of fused-ring (bicyclic) bond motifs is 1. The summed E-state index contributed by atoms with van der Waals surface area (Å²) < 4.78 is 11.5. The Bertz CT molecular complexity index is 945. The Balaban J connectivity index is 1.58. The van der Waals surface area contributed by atoms with Crippen molar-refractivity contribution in [1.82, 2.24) is 4.90 Å². The maximum atomic E-state index is 12.2. The lowest BCUT2D eigenvalue weighted by atomic mass is 10.00. The summed E-state index contributed by atoms with van der Waals surface area (Å²) in [6.07, 6.45) is 2.27. The fraction of sp³-hybridized carbons (Fsp3) is 0.476. The molecule has 1 aliphatic heterocycles. The van der Waals surface area contributed by atoms with E-state index in [1.165, 1.54) is 17.8 Å². The Morgan fingerprint density at radius 1 is 1.32 bits per heavy atom. The molecule has 0 atom stereocenters. The molecule has 0 bridgehead atoms. The number of likely N-dealkylation sites (tertiary alicyclic amines) is 1. The lowest BCUT2D eigenvalue weighted by molar-refractivity contribution is -0.141. The van der Waals surface area contributed by atoms with Gasteiger partial charge >= 0.3 is 11.6 Å². The Morgan fingerprint density at radius 2 is 2.04 bits per heavy atom. The molecule has 1 aromatic heterocycles. The third kappa shape index (κ3) is 4.94. The quantitative estimate of drug-likeness (QED) is 0.418. The van der Waals surface area contributed by atoms with Gasteiger partial charge in [-0.15, -0.1) is 0 Å². The molecule has 7 heteroatoms. The van der Waals surface area contributed by atoms with Crippen molar-refractivity contribution in [3.63, 3.8) is 0 Å². The third-order valence-electron chi connectivity index (χ3n) is 5.26. The number of rotatable bonds is 4. The van der Waals surface area contributed by atoms with Crippen LogP contribution < -0.4 is 5.63 Å². The Morgan fingerprint density at radius 3 is 2.75 bits per heavy atom. The number of piperidine rings is 1. The first-order chi connectivity index (χ1) is 13.3. The van der Waals surface area contributed by atoms with Crippen LogP contribution in [0.15, 0.2) is 27.4 Å². The first-order valence-corrected chi connectivity index (χ1v) is 10.8. The molecule has 0 radical (unpaired) electrons. The minimum atomic E-state index is -0.442. The van der Waals surface area contributed by atoms with E-state index in [4.69, 9.17) is 21.4 Å². The van der Waals surface area contributed by atoms with Crippen molar-refractivity contribution in [2.45, 2.75) is 40.2 Å². The van der Waals surface area contributed by atoms with E-state index in [0.29, 0.717) is 11.1 Å². The van der Waals surface area contributed by atoms with Crippen LogP contribution in [0.25, 0.3) is 11.0 Å².